The van der Waals surface area contributed by atoms with Crippen molar-refractivity contribution in [2.45, 2.75) is 19.3 Å². The van der Waals surface area contributed by atoms with Gasteiger partial charge in [0.1, 0.15) is 0 Å². The molecule has 1 aliphatic rings. The van der Waals surface area contributed by atoms with Gasteiger partial charge in [-0.15, -0.1) is 0 Å². The zero-order valence-corrected chi connectivity index (χ0v) is 12.2. The van der Waals surface area contributed by atoms with Crippen LogP contribution in [0, 0.1) is 5.92 Å². The number of hydrogen-bond acceptors (Lipinski definition) is 3. The number of carbonyl (C=O) groups is 2. The third-order valence-corrected chi connectivity index (χ3v) is 3.88. The largest absolute Gasteiger partial charge is 0.481 e. The molecule has 0 spiro atoms. The molecule has 0 unspecified atom stereocenters. The fraction of sp³-hybridized carbons (Fsp3) is 0.500. The maximum atomic E-state index is 12.1. The maximum absolute atomic E-state index is 12.1. The molecule has 1 heterocycles. The van der Waals surface area contributed by atoms with Crippen molar-refractivity contribution in [3.05, 3.63) is 35.9 Å². The number of carboxylic acids is 1. The highest BCUT2D eigenvalue weighted by atomic mass is 16.5. The average molecular weight is 291 g/mol. The Bertz CT molecular complexity index is 488. The van der Waals surface area contributed by atoms with E-state index in [0.717, 1.165) is 5.56 Å². The molecule has 0 aromatic heterocycles. The maximum Gasteiger partial charge on any atom is 0.308 e. The summed E-state index contributed by atoms with van der Waals surface area (Å²) in [6, 6.07) is 9.55. The molecule has 1 N–H and O–H groups in total. The standard InChI is InChI=1S/C16H21NO4/c1-2-21-9-8-15(18)17-10-13(14(11-17)16(19)20)12-6-4-3-5-7-12/h3-7,13-14H,2,8-11H2,1H3,(H,19,20)/t13-,14-/m0/s1. The number of ether oxygens (including phenoxy) is 1. The summed E-state index contributed by atoms with van der Waals surface area (Å²) in [6.45, 7) is 3.59. The van der Waals surface area contributed by atoms with Crippen LogP contribution in [-0.4, -0.2) is 48.2 Å². The number of rotatable bonds is 6. The Morgan fingerprint density at radius 1 is 1.29 bits per heavy atom. The van der Waals surface area contributed by atoms with Crippen LogP contribution in [0.15, 0.2) is 30.3 Å². The highest BCUT2D eigenvalue weighted by molar-refractivity contribution is 5.79. The van der Waals surface area contributed by atoms with Gasteiger partial charge in [0.05, 0.1) is 18.9 Å². The van der Waals surface area contributed by atoms with Crippen LogP contribution >= 0.6 is 0 Å². The predicted molar refractivity (Wildman–Crippen MR) is 78.0 cm³/mol. The number of carbonyl (C=O) groups excluding carboxylic acids is 1. The summed E-state index contributed by atoms with van der Waals surface area (Å²) in [4.78, 5) is 25.2. The first kappa shape index (κ1) is 15.5. The van der Waals surface area contributed by atoms with E-state index < -0.39 is 11.9 Å². The summed E-state index contributed by atoms with van der Waals surface area (Å²) in [6.07, 6.45) is 0.307. The molecule has 2 rings (SSSR count). The van der Waals surface area contributed by atoms with E-state index in [4.69, 9.17) is 4.74 Å². The third-order valence-electron chi connectivity index (χ3n) is 3.88. The summed E-state index contributed by atoms with van der Waals surface area (Å²) in [5.41, 5.74) is 0.977. The molecule has 0 bridgehead atoms. The fourth-order valence-corrected chi connectivity index (χ4v) is 2.76. The molecule has 0 saturated carbocycles. The summed E-state index contributed by atoms with van der Waals surface area (Å²) in [5, 5.41) is 9.40. The van der Waals surface area contributed by atoms with Gasteiger partial charge in [-0.25, -0.2) is 0 Å². The summed E-state index contributed by atoms with van der Waals surface area (Å²) in [5.74, 6) is -1.56. The Hall–Kier alpha value is -1.88. The zero-order valence-electron chi connectivity index (χ0n) is 12.2. The Labute approximate surface area is 124 Å². The van der Waals surface area contributed by atoms with Gasteiger partial charge in [0, 0.05) is 25.6 Å². The van der Waals surface area contributed by atoms with Crippen molar-refractivity contribution in [1.82, 2.24) is 4.90 Å². The van der Waals surface area contributed by atoms with E-state index in [0.29, 0.717) is 26.2 Å². The Morgan fingerprint density at radius 3 is 2.62 bits per heavy atom. The number of benzene rings is 1. The molecular formula is C16H21NO4. The molecule has 5 nitrogen and oxygen atoms in total. The minimum absolute atomic E-state index is 0.0341. The lowest BCUT2D eigenvalue weighted by molar-refractivity contribution is -0.141. The fourth-order valence-electron chi connectivity index (χ4n) is 2.76. The zero-order chi connectivity index (χ0) is 15.2. The van der Waals surface area contributed by atoms with E-state index in [9.17, 15) is 14.7 Å². The molecule has 1 amide bonds. The number of likely N-dealkylation sites (tertiary alicyclic amines) is 1. The molecule has 1 aromatic rings. The van der Waals surface area contributed by atoms with Crippen molar-refractivity contribution in [2.24, 2.45) is 5.92 Å². The Morgan fingerprint density at radius 2 is 2.00 bits per heavy atom. The molecule has 5 heteroatoms. The third kappa shape index (κ3) is 3.82. The van der Waals surface area contributed by atoms with Gasteiger partial charge in [-0.05, 0) is 12.5 Å². The Kier molecular flexibility index (Phi) is 5.33. The van der Waals surface area contributed by atoms with Crippen molar-refractivity contribution < 1.29 is 19.4 Å². The van der Waals surface area contributed by atoms with Gasteiger partial charge < -0.3 is 14.7 Å². The van der Waals surface area contributed by atoms with E-state index in [1.165, 1.54) is 0 Å². The quantitative estimate of drug-likeness (QED) is 0.811. The van der Waals surface area contributed by atoms with Crippen molar-refractivity contribution in [3.8, 4) is 0 Å². The van der Waals surface area contributed by atoms with Gasteiger partial charge in [-0.2, -0.15) is 0 Å². The highest BCUT2D eigenvalue weighted by Crippen LogP contribution is 2.33. The van der Waals surface area contributed by atoms with E-state index in [2.05, 4.69) is 0 Å². The molecule has 1 fully saturated rings. The first-order valence-corrected chi connectivity index (χ1v) is 7.26. The predicted octanol–water partition coefficient (Wildman–Crippen LogP) is 1.74. The van der Waals surface area contributed by atoms with Crippen LogP contribution in [0.3, 0.4) is 0 Å². The minimum atomic E-state index is -0.844. The highest BCUT2D eigenvalue weighted by Gasteiger charge is 2.40. The van der Waals surface area contributed by atoms with Gasteiger partial charge in [0.25, 0.3) is 0 Å². The van der Waals surface area contributed by atoms with Gasteiger partial charge in [0.15, 0.2) is 0 Å². The van der Waals surface area contributed by atoms with Crippen LogP contribution in [-0.2, 0) is 14.3 Å². The van der Waals surface area contributed by atoms with Crippen LogP contribution in [0.1, 0.15) is 24.8 Å². The SMILES string of the molecule is CCOCCC(=O)N1C[C@H](C(=O)O)[C@H](c2ccccc2)C1. The molecule has 1 saturated heterocycles. The van der Waals surface area contributed by atoms with Gasteiger partial charge in [0.2, 0.25) is 5.91 Å². The van der Waals surface area contributed by atoms with Crippen molar-refractivity contribution in [3.63, 3.8) is 0 Å². The first-order valence-electron chi connectivity index (χ1n) is 7.26. The summed E-state index contributed by atoms with van der Waals surface area (Å²) < 4.78 is 5.19. The molecule has 114 valence electrons. The molecule has 1 aliphatic heterocycles. The second kappa shape index (κ2) is 7.22. The van der Waals surface area contributed by atoms with Crippen LogP contribution in [0.4, 0.5) is 0 Å². The second-order valence-electron chi connectivity index (χ2n) is 5.21. The number of hydrogen-bond donors (Lipinski definition) is 1. The monoisotopic (exact) mass is 291 g/mol. The van der Waals surface area contributed by atoms with Crippen molar-refractivity contribution >= 4 is 11.9 Å². The van der Waals surface area contributed by atoms with Crippen LogP contribution in [0.5, 0.6) is 0 Å². The van der Waals surface area contributed by atoms with Crippen LogP contribution < -0.4 is 0 Å². The van der Waals surface area contributed by atoms with Gasteiger partial charge >= 0.3 is 5.97 Å². The smallest absolute Gasteiger partial charge is 0.308 e. The number of carboxylic acid groups (broad SMARTS) is 1. The van der Waals surface area contributed by atoms with Crippen molar-refractivity contribution in [1.29, 1.82) is 0 Å². The first-order chi connectivity index (χ1) is 10.1. The lowest BCUT2D eigenvalue weighted by Gasteiger charge is -2.16. The van der Waals surface area contributed by atoms with Crippen molar-refractivity contribution in [2.75, 3.05) is 26.3 Å². The molecule has 0 aliphatic carbocycles. The second-order valence-corrected chi connectivity index (χ2v) is 5.21. The molecule has 1 aromatic carbocycles. The van der Waals surface area contributed by atoms with Crippen LogP contribution in [0.2, 0.25) is 0 Å². The van der Waals surface area contributed by atoms with Crippen LogP contribution in [0.25, 0.3) is 0 Å². The average Bonchev–Trinajstić information content (AvgIpc) is 2.94. The normalized spacial score (nSPS) is 21.5. The van der Waals surface area contributed by atoms with Gasteiger partial charge in [-0.1, -0.05) is 30.3 Å². The van der Waals surface area contributed by atoms with E-state index in [1.807, 2.05) is 37.3 Å². The summed E-state index contributed by atoms with van der Waals surface area (Å²) >= 11 is 0. The topological polar surface area (TPSA) is 66.8 Å². The van der Waals surface area contributed by atoms with E-state index in [1.54, 1.807) is 4.90 Å². The van der Waals surface area contributed by atoms with Gasteiger partial charge in [-0.3, -0.25) is 9.59 Å². The molecular weight excluding hydrogens is 270 g/mol. The van der Waals surface area contributed by atoms with E-state index >= 15 is 0 Å². The molecule has 21 heavy (non-hydrogen) atoms. The Balaban J connectivity index is 2.05. The lowest BCUT2D eigenvalue weighted by Crippen LogP contribution is -2.30. The molecule has 0 radical (unpaired) electrons. The number of aliphatic carboxylic acids is 1. The summed E-state index contributed by atoms with van der Waals surface area (Å²) in [7, 11) is 0. The lowest BCUT2D eigenvalue weighted by atomic mass is 9.89. The number of amides is 1. The number of nitrogens with zero attached hydrogens (tertiary/aromatic N) is 1. The molecule has 2 atom stereocenters. The van der Waals surface area contributed by atoms with E-state index in [-0.39, 0.29) is 18.4 Å². The minimum Gasteiger partial charge on any atom is -0.481 e.